The number of nitrogens with one attached hydrogen (secondary N) is 2. The average molecular weight is 256 g/mol. The Morgan fingerprint density at radius 1 is 1.53 bits per heavy atom. The molecule has 17 heavy (non-hydrogen) atoms. The molecule has 0 aromatic heterocycles. The van der Waals surface area contributed by atoms with E-state index in [1.54, 1.807) is 26.2 Å². The van der Waals surface area contributed by atoms with Crippen LogP contribution in [0.1, 0.15) is 12.5 Å². The smallest absolute Gasteiger partial charge is 0.171 e. The second-order valence-electron chi connectivity index (χ2n) is 3.92. The average Bonchev–Trinajstić information content (AvgIpc) is 2.23. The molecule has 0 radical (unpaired) electrons. The van der Waals surface area contributed by atoms with Crippen molar-refractivity contribution in [2.75, 3.05) is 19.0 Å². The second-order valence-corrected chi connectivity index (χ2v) is 4.33. The van der Waals surface area contributed by atoms with Gasteiger partial charge in [-0.25, -0.2) is 4.39 Å². The molecule has 0 saturated carbocycles. The van der Waals surface area contributed by atoms with E-state index < -0.39 is 0 Å². The van der Waals surface area contributed by atoms with E-state index in [1.165, 1.54) is 6.07 Å². The molecule has 0 bridgehead atoms. The van der Waals surface area contributed by atoms with Gasteiger partial charge in [-0.3, -0.25) is 0 Å². The third kappa shape index (κ3) is 4.66. The van der Waals surface area contributed by atoms with Gasteiger partial charge < -0.3 is 15.4 Å². The van der Waals surface area contributed by atoms with Crippen LogP contribution >= 0.6 is 12.2 Å². The molecule has 0 aliphatic heterocycles. The molecule has 0 spiro atoms. The molecule has 5 heteroatoms. The number of hydrogen-bond donors (Lipinski definition) is 2. The lowest BCUT2D eigenvalue weighted by Gasteiger charge is -2.16. The standard InChI is InChI=1S/C12H17FN2OS/c1-8-6-10(4-5-11(8)13)15-12(17)14-9(2)7-16-3/h4-6,9H,7H2,1-3H3,(H2,14,15,17). The van der Waals surface area contributed by atoms with Gasteiger partial charge in [0.15, 0.2) is 5.11 Å². The lowest BCUT2D eigenvalue weighted by molar-refractivity contribution is 0.179. The van der Waals surface area contributed by atoms with E-state index in [2.05, 4.69) is 10.6 Å². The molecular formula is C12H17FN2OS. The maximum atomic E-state index is 13.1. The highest BCUT2D eigenvalue weighted by Crippen LogP contribution is 2.13. The van der Waals surface area contributed by atoms with Gasteiger partial charge >= 0.3 is 0 Å². The van der Waals surface area contributed by atoms with Crippen LogP contribution in [0.3, 0.4) is 0 Å². The fraction of sp³-hybridized carbons (Fsp3) is 0.417. The summed E-state index contributed by atoms with van der Waals surface area (Å²) in [7, 11) is 1.64. The van der Waals surface area contributed by atoms with E-state index >= 15 is 0 Å². The van der Waals surface area contributed by atoms with Crippen molar-refractivity contribution in [3.63, 3.8) is 0 Å². The van der Waals surface area contributed by atoms with Crippen molar-refractivity contribution in [2.24, 2.45) is 0 Å². The number of ether oxygens (including phenoxy) is 1. The van der Waals surface area contributed by atoms with Gasteiger partial charge in [0.1, 0.15) is 5.82 Å². The molecule has 0 aliphatic carbocycles. The fourth-order valence-corrected chi connectivity index (χ4v) is 1.72. The van der Waals surface area contributed by atoms with Gasteiger partial charge in [-0.15, -0.1) is 0 Å². The maximum Gasteiger partial charge on any atom is 0.171 e. The summed E-state index contributed by atoms with van der Waals surface area (Å²) < 4.78 is 18.0. The molecule has 0 heterocycles. The van der Waals surface area contributed by atoms with Gasteiger partial charge in [-0.1, -0.05) is 0 Å². The van der Waals surface area contributed by atoms with Gasteiger partial charge in [-0.05, 0) is 49.8 Å². The van der Waals surface area contributed by atoms with Crippen LogP contribution in [0.25, 0.3) is 0 Å². The summed E-state index contributed by atoms with van der Waals surface area (Å²) in [4.78, 5) is 0. The Kier molecular flexibility index (Phi) is 5.31. The molecule has 0 saturated heterocycles. The zero-order valence-corrected chi connectivity index (χ0v) is 11.0. The summed E-state index contributed by atoms with van der Waals surface area (Å²) in [5, 5.41) is 6.56. The minimum Gasteiger partial charge on any atom is -0.383 e. The van der Waals surface area contributed by atoms with Crippen molar-refractivity contribution in [2.45, 2.75) is 19.9 Å². The fourth-order valence-electron chi connectivity index (χ4n) is 1.41. The number of aryl methyl sites for hydroxylation is 1. The van der Waals surface area contributed by atoms with Crippen molar-refractivity contribution < 1.29 is 9.13 Å². The van der Waals surface area contributed by atoms with Gasteiger partial charge in [-0.2, -0.15) is 0 Å². The normalized spacial score (nSPS) is 12.0. The summed E-state index contributed by atoms with van der Waals surface area (Å²) in [6, 6.07) is 4.90. The summed E-state index contributed by atoms with van der Waals surface area (Å²) in [5.74, 6) is -0.220. The highest BCUT2D eigenvalue weighted by Gasteiger charge is 2.04. The second kappa shape index (κ2) is 6.51. The Morgan fingerprint density at radius 3 is 2.82 bits per heavy atom. The molecule has 1 aromatic carbocycles. The molecule has 2 N–H and O–H groups in total. The van der Waals surface area contributed by atoms with E-state index in [4.69, 9.17) is 17.0 Å². The van der Waals surface area contributed by atoms with Crippen LogP contribution in [0.15, 0.2) is 18.2 Å². The predicted octanol–water partition coefficient (Wildman–Crippen LogP) is 2.46. The lowest BCUT2D eigenvalue weighted by Crippen LogP contribution is -2.38. The Balaban J connectivity index is 2.53. The molecule has 0 aliphatic rings. The van der Waals surface area contributed by atoms with E-state index in [1.807, 2.05) is 6.92 Å². The number of halogens is 1. The number of benzene rings is 1. The van der Waals surface area contributed by atoms with E-state index in [0.29, 0.717) is 17.3 Å². The molecule has 1 aromatic rings. The van der Waals surface area contributed by atoms with Crippen molar-refractivity contribution in [3.05, 3.63) is 29.6 Å². The quantitative estimate of drug-likeness (QED) is 0.811. The van der Waals surface area contributed by atoms with Crippen LogP contribution in [0, 0.1) is 12.7 Å². The Morgan fingerprint density at radius 2 is 2.24 bits per heavy atom. The third-order valence-electron chi connectivity index (χ3n) is 2.21. The minimum absolute atomic E-state index is 0.126. The Bertz CT molecular complexity index is 398. The zero-order valence-electron chi connectivity index (χ0n) is 10.2. The Labute approximate surface area is 106 Å². The van der Waals surface area contributed by atoms with Crippen LogP contribution in [0.5, 0.6) is 0 Å². The molecule has 0 fully saturated rings. The summed E-state index contributed by atoms with van der Waals surface area (Å²) >= 11 is 5.13. The molecule has 1 rings (SSSR count). The number of hydrogen-bond acceptors (Lipinski definition) is 2. The molecule has 1 unspecified atom stereocenters. The number of rotatable bonds is 4. The summed E-state index contributed by atoms with van der Waals surface area (Å²) in [6.45, 7) is 4.25. The van der Waals surface area contributed by atoms with Gasteiger partial charge in [0.2, 0.25) is 0 Å². The van der Waals surface area contributed by atoms with Crippen molar-refractivity contribution in [3.8, 4) is 0 Å². The first-order chi connectivity index (χ1) is 8.02. The van der Waals surface area contributed by atoms with Crippen LogP contribution in [0.2, 0.25) is 0 Å². The molecule has 1 atom stereocenters. The zero-order chi connectivity index (χ0) is 12.8. The first-order valence-electron chi connectivity index (χ1n) is 5.35. The van der Waals surface area contributed by atoms with E-state index in [0.717, 1.165) is 5.69 Å². The van der Waals surface area contributed by atoms with Crippen molar-refractivity contribution in [1.82, 2.24) is 5.32 Å². The largest absolute Gasteiger partial charge is 0.383 e. The van der Waals surface area contributed by atoms with Crippen LogP contribution in [-0.4, -0.2) is 24.9 Å². The highest BCUT2D eigenvalue weighted by molar-refractivity contribution is 7.80. The number of methoxy groups -OCH3 is 1. The SMILES string of the molecule is COCC(C)NC(=S)Nc1ccc(F)c(C)c1. The van der Waals surface area contributed by atoms with E-state index in [-0.39, 0.29) is 11.9 Å². The molecular weight excluding hydrogens is 239 g/mol. The van der Waals surface area contributed by atoms with Crippen LogP contribution in [-0.2, 0) is 4.74 Å². The highest BCUT2D eigenvalue weighted by atomic mass is 32.1. The van der Waals surface area contributed by atoms with E-state index in [9.17, 15) is 4.39 Å². The first-order valence-corrected chi connectivity index (χ1v) is 5.76. The predicted molar refractivity (Wildman–Crippen MR) is 71.8 cm³/mol. The topological polar surface area (TPSA) is 33.3 Å². The van der Waals surface area contributed by atoms with Crippen molar-refractivity contribution >= 4 is 23.0 Å². The lowest BCUT2D eigenvalue weighted by atomic mass is 10.2. The first kappa shape index (κ1) is 13.9. The number of anilines is 1. The monoisotopic (exact) mass is 256 g/mol. The third-order valence-corrected chi connectivity index (χ3v) is 2.43. The molecule has 3 nitrogen and oxygen atoms in total. The van der Waals surface area contributed by atoms with Gasteiger partial charge in [0.25, 0.3) is 0 Å². The molecule has 0 amide bonds. The molecule has 94 valence electrons. The van der Waals surface area contributed by atoms with Gasteiger partial charge in [0.05, 0.1) is 6.61 Å². The summed E-state index contributed by atoms with van der Waals surface area (Å²) in [5.41, 5.74) is 1.36. The van der Waals surface area contributed by atoms with Crippen LogP contribution < -0.4 is 10.6 Å². The van der Waals surface area contributed by atoms with Crippen LogP contribution in [0.4, 0.5) is 10.1 Å². The van der Waals surface area contributed by atoms with Crippen molar-refractivity contribution in [1.29, 1.82) is 0 Å². The minimum atomic E-state index is -0.220. The maximum absolute atomic E-state index is 13.1. The Hall–Kier alpha value is -1.20. The number of thiocarbonyl (C=S) groups is 1. The summed E-state index contributed by atoms with van der Waals surface area (Å²) in [6.07, 6.45) is 0. The van der Waals surface area contributed by atoms with Gasteiger partial charge in [0, 0.05) is 18.8 Å².